The molecule has 0 radical (unpaired) electrons. The van der Waals surface area contributed by atoms with E-state index in [4.69, 9.17) is 31.5 Å². The van der Waals surface area contributed by atoms with Crippen LogP contribution < -0.4 is 10.5 Å². The number of benzene rings is 3. The van der Waals surface area contributed by atoms with Crippen molar-refractivity contribution in [2.75, 3.05) is 39.6 Å². The van der Waals surface area contributed by atoms with Gasteiger partial charge in [0.05, 0.1) is 37.0 Å². The van der Waals surface area contributed by atoms with Gasteiger partial charge >= 0.3 is 0 Å². The minimum absolute atomic E-state index is 0.00789. The molecule has 0 aromatic heterocycles. The zero-order valence-corrected chi connectivity index (χ0v) is 23.1. The number of hydrogen-bond donors (Lipinski definition) is 1. The van der Waals surface area contributed by atoms with Crippen molar-refractivity contribution in [3.8, 4) is 5.75 Å². The molecule has 2 N–H and O–H groups in total. The lowest BCUT2D eigenvalue weighted by Crippen LogP contribution is -2.33. The third kappa shape index (κ3) is 7.79. The minimum atomic E-state index is -4.08. The number of hydrazone groups is 1. The van der Waals surface area contributed by atoms with Gasteiger partial charge in [0, 0.05) is 17.5 Å². The molecule has 11 heteroatoms. The molecule has 3 aromatic rings. The second-order valence-corrected chi connectivity index (χ2v) is 10.6. The molecule has 0 bridgehead atoms. The van der Waals surface area contributed by atoms with Gasteiger partial charge in [-0.1, -0.05) is 54.1 Å². The van der Waals surface area contributed by atoms with Gasteiger partial charge in [-0.25, -0.2) is 5.01 Å². The first-order valence-electron chi connectivity index (χ1n) is 12.5. The highest BCUT2D eigenvalue weighted by Crippen LogP contribution is 2.29. The van der Waals surface area contributed by atoms with Crippen LogP contribution in [0.5, 0.6) is 5.75 Å². The summed E-state index contributed by atoms with van der Waals surface area (Å²) in [5, 5.41) is 6.68. The summed E-state index contributed by atoms with van der Waals surface area (Å²) in [5.74, 6) is 0.162. The molecule has 1 aliphatic rings. The zero-order valence-electron chi connectivity index (χ0n) is 21.6. The van der Waals surface area contributed by atoms with E-state index in [0.29, 0.717) is 50.4 Å². The molecule has 0 aliphatic carbocycles. The molecular formula is C28H31ClN4O5S. The van der Waals surface area contributed by atoms with E-state index < -0.39 is 10.0 Å². The molecule has 39 heavy (non-hydrogen) atoms. The number of sulfonamides is 1. The van der Waals surface area contributed by atoms with Crippen molar-refractivity contribution >= 4 is 33.3 Å². The maximum atomic E-state index is 13.0. The SMILES string of the molecule is CCOCCOCCOc1ccc(S(=O)(=O)/N=C(\N)N2CC(c3ccccc3)C(c3ccc(Cl)cc3)=N2)cc1. The Kier molecular flexibility index (Phi) is 9.94. The quantitative estimate of drug-likeness (QED) is 0.196. The van der Waals surface area contributed by atoms with E-state index in [2.05, 4.69) is 9.50 Å². The molecule has 1 unspecified atom stereocenters. The van der Waals surface area contributed by atoms with E-state index in [0.717, 1.165) is 16.8 Å². The van der Waals surface area contributed by atoms with Crippen LogP contribution in [0.1, 0.15) is 24.0 Å². The van der Waals surface area contributed by atoms with Crippen molar-refractivity contribution in [1.29, 1.82) is 0 Å². The predicted molar refractivity (Wildman–Crippen MR) is 152 cm³/mol. The first kappa shape index (κ1) is 28.6. The normalized spacial score (nSPS) is 15.8. The van der Waals surface area contributed by atoms with E-state index >= 15 is 0 Å². The van der Waals surface area contributed by atoms with Crippen LogP contribution in [-0.4, -0.2) is 64.7 Å². The topological polar surface area (TPSA) is 116 Å². The maximum Gasteiger partial charge on any atom is 0.285 e. The Morgan fingerprint density at radius 2 is 1.64 bits per heavy atom. The van der Waals surface area contributed by atoms with Gasteiger partial charge in [0.1, 0.15) is 12.4 Å². The van der Waals surface area contributed by atoms with E-state index in [9.17, 15) is 8.42 Å². The van der Waals surface area contributed by atoms with Gasteiger partial charge in [-0.05, 0) is 54.4 Å². The molecule has 1 heterocycles. The summed E-state index contributed by atoms with van der Waals surface area (Å²) >= 11 is 6.07. The number of guanidine groups is 1. The van der Waals surface area contributed by atoms with Gasteiger partial charge in [0.15, 0.2) is 0 Å². The number of ether oxygens (including phenoxy) is 3. The van der Waals surface area contributed by atoms with Gasteiger partial charge < -0.3 is 19.9 Å². The third-order valence-electron chi connectivity index (χ3n) is 5.93. The maximum absolute atomic E-state index is 13.0. The molecule has 0 saturated carbocycles. The van der Waals surface area contributed by atoms with Crippen molar-refractivity contribution in [1.82, 2.24) is 5.01 Å². The Bertz CT molecular complexity index is 1380. The summed E-state index contributed by atoms with van der Waals surface area (Å²) < 4.78 is 46.1. The summed E-state index contributed by atoms with van der Waals surface area (Å²) in [5.41, 5.74) is 8.82. The molecule has 4 rings (SSSR count). The standard InChI is InChI=1S/C28H31ClN4O5S/c1-2-36-16-17-37-18-19-38-24-12-14-25(15-13-24)39(34,35)32-28(30)33-20-26(21-6-4-3-5-7-21)27(31-33)22-8-10-23(29)11-9-22/h3-15,26H,2,16-20H2,1H3,(H2,30,32). The Hall–Kier alpha value is -3.44. The predicted octanol–water partition coefficient (Wildman–Crippen LogP) is 4.28. The van der Waals surface area contributed by atoms with Crippen LogP contribution in [0.25, 0.3) is 0 Å². The Labute approximate surface area is 233 Å². The highest BCUT2D eigenvalue weighted by molar-refractivity contribution is 7.90. The number of hydrogen-bond acceptors (Lipinski definition) is 6. The third-order valence-corrected chi connectivity index (χ3v) is 7.48. The average Bonchev–Trinajstić information content (AvgIpc) is 3.39. The van der Waals surface area contributed by atoms with Gasteiger partial charge in [-0.15, -0.1) is 4.40 Å². The fourth-order valence-corrected chi connectivity index (χ4v) is 5.04. The minimum Gasteiger partial charge on any atom is -0.491 e. The molecule has 1 atom stereocenters. The van der Waals surface area contributed by atoms with Gasteiger partial charge in [0.2, 0.25) is 5.96 Å². The summed E-state index contributed by atoms with van der Waals surface area (Å²) in [6, 6.07) is 23.1. The molecule has 0 spiro atoms. The highest BCUT2D eigenvalue weighted by Gasteiger charge is 2.31. The van der Waals surface area contributed by atoms with Crippen LogP contribution in [0.15, 0.2) is 93.3 Å². The van der Waals surface area contributed by atoms with E-state index in [1.807, 2.05) is 49.4 Å². The highest BCUT2D eigenvalue weighted by atomic mass is 35.5. The molecule has 3 aromatic carbocycles. The van der Waals surface area contributed by atoms with Crippen LogP contribution >= 0.6 is 11.6 Å². The van der Waals surface area contributed by atoms with Gasteiger partial charge in [-0.3, -0.25) is 0 Å². The van der Waals surface area contributed by atoms with Crippen LogP contribution in [0.3, 0.4) is 0 Å². The van der Waals surface area contributed by atoms with Crippen molar-refractivity contribution in [2.45, 2.75) is 17.7 Å². The Morgan fingerprint density at radius 1 is 0.974 bits per heavy atom. The molecular weight excluding hydrogens is 540 g/mol. The summed E-state index contributed by atoms with van der Waals surface area (Å²) in [4.78, 5) is -0.00789. The van der Waals surface area contributed by atoms with Crippen molar-refractivity contribution < 1.29 is 22.6 Å². The van der Waals surface area contributed by atoms with Crippen LogP contribution in [0.4, 0.5) is 0 Å². The fourth-order valence-electron chi connectivity index (χ4n) is 3.99. The molecule has 206 valence electrons. The summed E-state index contributed by atoms with van der Waals surface area (Å²) in [6.45, 7) is 4.65. The Morgan fingerprint density at radius 3 is 2.33 bits per heavy atom. The largest absolute Gasteiger partial charge is 0.491 e. The van der Waals surface area contributed by atoms with Gasteiger partial charge in [0.25, 0.3) is 10.0 Å². The summed E-state index contributed by atoms with van der Waals surface area (Å²) in [7, 11) is -4.08. The fraction of sp³-hybridized carbons (Fsp3) is 0.286. The average molecular weight is 571 g/mol. The first-order valence-corrected chi connectivity index (χ1v) is 14.3. The summed E-state index contributed by atoms with van der Waals surface area (Å²) in [6.07, 6.45) is 0. The number of halogens is 1. The Balaban J connectivity index is 1.45. The number of rotatable bonds is 12. The number of nitrogens with zero attached hydrogens (tertiary/aromatic N) is 3. The number of nitrogens with two attached hydrogens (primary N) is 1. The van der Waals surface area contributed by atoms with E-state index in [1.54, 1.807) is 24.3 Å². The van der Waals surface area contributed by atoms with Crippen LogP contribution in [-0.2, 0) is 19.5 Å². The molecule has 0 fully saturated rings. The van der Waals surface area contributed by atoms with Crippen molar-refractivity contribution in [3.05, 3.63) is 95.0 Å². The second-order valence-electron chi connectivity index (χ2n) is 8.59. The lowest BCUT2D eigenvalue weighted by molar-refractivity contribution is 0.0405. The van der Waals surface area contributed by atoms with Crippen LogP contribution in [0.2, 0.25) is 5.02 Å². The molecule has 0 amide bonds. The monoisotopic (exact) mass is 570 g/mol. The van der Waals surface area contributed by atoms with Crippen LogP contribution in [0, 0.1) is 0 Å². The second kappa shape index (κ2) is 13.6. The van der Waals surface area contributed by atoms with Crippen molar-refractivity contribution in [3.63, 3.8) is 0 Å². The lowest BCUT2D eigenvalue weighted by atomic mass is 9.91. The molecule has 0 saturated heterocycles. The van der Waals surface area contributed by atoms with Gasteiger partial charge in [-0.2, -0.15) is 13.5 Å². The van der Waals surface area contributed by atoms with E-state index in [-0.39, 0.29) is 16.8 Å². The molecule has 1 aliphatic heterocycles. The smallest absolute Gasteiger partial charge is 0.285 e. The zero-order chi connectivity index (χ0) is 27.7. The van der Waals surface area contributed by atoms with E-state index in [1.165, 1.54) is 17.1 Å². The molecule has 9 nitrogen and oxygen atoms in total. The first-order chi connectivity index (χ1) is 18.9. The van der Waals surface area contributed by atoms with Crippen molar-refractivity contribution in [2.24, 2.45) is 15.2 Å². The lowest BCUT2D eigenvalue weighted by Gasteiger charge is -2.15.